The van der Waals surface area contributed by atoms with Gasteiger partial charge in [-0.1, -0.05) is 19.1 Å². The maximum atomic E-state index is 16.7. The number of alkyl halides is 1. The maximum absolute atomic E-state index is 16.7. The fourth-order valence-electron chi connectivity index (χ4n) is 6.36. The van der Waals surface area contributed by atoms with Crippen LogP contribution in [-0.4, -0.2) is 48.5 Å². The minimum atomic E-state index is -3.48. The zero-order valence-electron chi connectivity index (χ0n) is 15.6. The van der Waals surface area contributed by atoms with Crippen LogP contribution in [0, 0.1) is 22.7 Å². The molecule has 4 aliphatic rings. The predicted molar refractivity (Wildman–Crippen MR) is 98.1 cm³/mol. The molecule has 4 aliphatic carbocycles. The quantitative estimate of drug-likeness (QED) is 0.706. The summed E-state index contributed by atoms with van der Waals surface area (Å²) in [7, 11) is -3.48. The van der Waals surface area contributed by atoms with Crippen LogP contribution in [0.25, 0.3) is 0 Å². The van der Waals surface area contributed by atoms with Crippen molar-refractivity contribution >= 4 is 15.6 Å². The van der Waals surface area contributed by atoms with Crippen molar-refractivity contribution < 1.29 is 27.8 Å². The molecule has 2 saturated carbocycles. The van der Waals surface area contributed by atoms with Crippen LogP contribution in [-0.2, 0) is 14.6 Å². The second-order valence-electron chi connectivity index (χ2n) is 8.98. The molecule has 1 unspecified atom stereocenters. The van der Waals surface area contributed by atoms with Crippen molar-refractivity contribution in [1.29, 1.82) is 0 Å². The Bertz CT molecular complexity index is 919. The summed E-state index contributed by atoms with van der Waals surface area (Å²) >= 11 is 0. The summed E-state index contributed by atoms with van der Waals surface area (Å²) < 4.78 is 41.3. The SMILES string of the molecule is C[C@]12C=CC(=O)C=C1[C@H](O)C[C@H]1[C@@H]3CC=C(S(C)(=O)=O)[C@@]3(C)C[C@H](O)C12F. The zero-order valence-corrected chi connectivity index (χ0v) is 16.5. The molecule has 0 aromatic carbocycles. The molecule has 4 rings (SSSR count). The van der Waals surface area contributed by atoms with Gasteiger partial charge < -0.3 is 10.2 Å². The summed E-state index contributed by atoms with van der Waals surface area (Å²) in [6.45, 7) is 3.39. The molecule has 0 saturated heterocycles. The molecular formula is C20H25FO5S. The first-order valence-corrected chi connectivity index (χ1v) is 11.2. The smallest absolute Gasteiger partial charge is 0.178 e. The summed E-state index contributed by atoms with van der Waals surface area (Å²) in [5.74, 6) is -1.37. The molecule has 2 fully saturated rings. The van der Waals surface area contributed by atoms with E-state index in [1.165, 1.54) is 18.2 Å². The van der Waals surface area contributed by atoms with E-state index in [9.17, 15) is 23.4 Å². The molecule has 0 heterocycles. The molecule has 0 amide bonds. The fraction of sp³-hybridized carbons (Fsp3) is 0.650. The molecule has 0 aromatic heterocycles. The highest BCUT2D eigenvalue weighted by molar-refractivity contribution is 7.94. The van der Waals surface area contributed by atoms with Gasteiger partial charge in [-0.3, -0.25) is 4.79 Å². The van der Waals surface area contributed by atoms with E-state index in [4.69, 9.17) is 0 Å². The van der Waals surface area contributed by atoms with Crippen molar-refractivity contribution in [3.8, 4) is 0 Å². The van der Waals surface area contributed by atoms with Crippen molar-refractivity contribution in [2.24, 2.45) is 22.7 Å². The third-order valence-corrected chi connectivity index (χ3v) is 9.01. The number of hydrogen-bond acceptors (Lipinski definition) is 5. The highest BCUT2D eigenvalue weighted by atomic mass is 32.2. The Morgan fingerprint density at radius 1 is 1.22 bits per heavy atom. The number of halogens is 1. The fourth-order valence-corrected chi connectivity index (χ4v) is 7.84. The largest absolute Gasteiger partial charge is 0.390 e. The summed E-state index contributed by atoms with van der Waals surface area (Å²) in [5, 5.41) is 21.7. The lowest BCUT2D eigenvalue weighted by Crippen LogP contribution is -2.68. The van der Waals surface area contributed by atoms with E-state index in [0.29, 0.717) is 12.0 Å². The van der Waals surface area contributed by atoms with Gasteiger partial charge in [-0.05, 0) is 49.8 Å². The molecule has 27 heavy (non-hydrogen) atoms. The van der Waals surface area contributed by atoms with Gasteiger partial charge in [0.15, 0.2) is 21.3 Å². The number of carbonyl (C=O) groups is 1. The van der Waals surface area contributed by atoms with Crippen LogP contribution >= 0.6 is 0 Å². The van der Waals surface area contributed by atoms with Gasteiger partial charge in [0, 0.05) is 27.9 Å². The Hall–Kier alpha value is -1.31. The number of fused-ring (bicyclic) bond motifs is 5. The molecule has 0 bridgehead atoms. The molecule has 0 aromatic rings. The van der Waals surface area contributed by atoms with Crippen LogP contribution in [0.3, 0.4) is 0 Å². The molecule has 0 spiro atoms. The maximum Gasteiger partial charge on any atom is 0.178 e. The Balaban J connectivity index is 1.86. The Kier molecular flexibility index (Phi) is 3.80. The Morgan fingerprint density at radius 2 is 1.89 bits per heavy atom. The molecule has 5 nitrogen and oxygen atoms in total. The third kappa shape index (κ3) is 2.22. The molecule has 148 valence electrons. The van der Waals surface area contributed by atoms with E-state index in [0.717, 1.165) is 6.26 Å². The molecule has 0 aliphatic heterocycles. The van der Waals surface area contributed by atoms with Gasteiger partial charge in [-0.2, -0.15) is 0 Å². The van der Waals surface area contributed by atoms with Crippen LogP contribution in [0.4, 0.5) is 4.39 Å². The first-order chi connectivity index (χ1) is 12.4. The predicted octanol–water partition coefficient (Wildman–Crippen LogP) is 1.87. The lowest BCUT2D eigenvalue weighted by Gasteiger charge is -2.62. The lowest BCUT2D eigenvalue weighted by molar-refractivity contribution is -0.195. The number of hydrogen-bond donors (Lipinski definition) is 2. The molecule has 7 atom stereocenters. The lowest BCUT2D eigenvalue weighted by atomic mass is 9.45. The molecule has 7 heteroatoms. The summed E-state index contributed by atoms with van der Waals surface area (Å²) in [4.78, 5) is 12.1. The number of allylic oxidation sites excluding steroid dienone is 5. The van der Waals surface area contributed by atoms with Crippen molar-refractivity contribution in [3.05, 3.63) is 34.8 Å². The van der Waals surface area contributed by atoms with Crippen molar-refractivity contribution in [3.63, 3.8) is 0 Å². The van der Waals surface area contributed by atoms with Crippen molar-refractivity contribution in [1.82, 2.24) is 0 Å². The highest BCUT2D eigenvalue weighted by Crippen LogP contribution is 2.68. The second-order valence-corrected chi connectivity index (χ2v) is 11.0. The summed E-state index contributed by atoms with van der Waals surface area (Å²) in [5.41, 5.74) is -3.96. The monoisotopic (exact) mass is 396 g/mol. The highest BCUT2D eigenvalue weighted by Gasteiger charge is 2.71. The van der Waals surface area contributed by atoms with Crippen LogP contribution in [0.15, 0.2) is 34.8 Å². The van der Waals surface area contributed by atoms with Gasteiger partial charge >= 0.3 is 0 Å². The third-order valence-electron chi connectivity index (χ3n) is 7.58. The molecule has 2 N–H and O–H groups in total. The number of aliphatic hydroxyl groups is 2. The van der Waals surface area contributed by atoms with E-state index >= 15 is 4.39 Å². The van der Waals surface area contributed by atoms with Crippen molar-refractivity contribution in [2.45, 2.75) is 51.0 Å². The first-order valence-electron chi connectivity index (χ1n) is 9.26. The van der Waals surface area contributed by atoms with Crippen LogP contribution in [0.1, 0.15) is 33.1 Å². The minimum absolute atomic E-state index is 0.00960. The van der Waals surface area contributed by atoms with E-state index in [1.807, 2.05) is 0 Å². The number of aliphatic hydroxyl groups excluding tert-OH is 2. The average Bonchev–Trinajstić information content (AvgIpc) is 2.89. The molecular weight excluding hydrogens is 371 g/mol. The number of ketones is 1. The number of rotatable bonds is 1. The summed E-state index contributed by atoms with van der Waals surface area (Å²) in [6, 6.07) is 0. The van der Waals surface area contributed by atoms with E-state index < -0.39 is 44.5 Å². The van der Waals surface area contributed by atoms with Crippen molar-refractivity contribution in [2.75, 3.05) is 6.26 Å². The molecule has 0 radical (unpaired) electrons. The number of carbonyl (C=O) groups excluding carboxylic acids is 1. The van der Waals surface area contributed by atoms with Gasteiger partial charge in [0.2, 0.25) is 0 Å². The van der Waals surface area contributed by atoms with E-state index in [-0.39, 0.29) is 29.4 Å². The Morgan fingerprint density at radius 3 is 2.52 bits per heavy atom. The zero-order chi connectivity index (χ0) is 20.0. The Labute approximate surface area is 158 Å². The average molecular weight is 396 g/mol. The van der Waals surface area contributed by atoms with Crippen LogP contribution < -0.4 is 0 Å². The second kappa shape index (κ2) is 5.39. The van der Waals surface area contributed by atoms with Crippen LogP contribution in [0.5, 0.6) is 0 Å². The first kappa shape index (κ1) is 19.0. The topological polar surface area (TPSA) is 91.7 Å². The van der Waals surface area contributed by atoms with Gasteiger partial charge in [-0.15, -0.1) is 0 Å². The minimum Gasteiger partial charge on any atom is -0.390 e. The van der Waals surface area contributed by atoms with Crippen LogP contribution in [0.2, 0.25) is 0 Å². The van der Waals surface area contributed by atoms with Gasteiger partial charge in [0.05, 0.1) is 12.2 Å². The van der Waals surface area contributed by atoms with E-state index in [1.54, 1.807) is 19.9 Å². The van der Waals surface area contributed by atoms with Gasteiger partial charge in [0.25, 0.3) is 0 Å². The van der Waals surface area contributed by atoms with Gasteiger partial charge in [0.1, 0.15) is 0 Å². The number of sulfone groups is 1. The standard InChI is InChI=1S/C20H25FO5S/c1-18-10-16(24)20(21)13(12(18)4-5-17(18)27(3,25)26)9-15(23)14-8-11(22)6-7-19(14,20)2/h5-8,12-13,15-16,23-24H,4,9-10H2,1-3H3/t12-,13-,15+,16-,18-,19-,20?/m0/s1. The normalized spacial score (nSPS) is 49.0. The summed E-state index contributed by atoms with van der Waals surface area (Å²) in [6.07, 6.45) is 4.85. The van der Waals surface area contributed by atoms with E-state index in [2.05, 4.69) is 0 Å². The van der Waals surface area contributed by atoms with Gasteiger partial charge in [-0.25, -0.2) is 12.8 Å².